The van der Waals surface area contributed by atoms with Crippen molar-refractivity contribution < 1.29 is 4.79 Å². The average molecular weight is 210 g/mol. The zero-order valence-electron chi connectivity index (χ0n) is 9.53. The lowest BCUT2D eigenvalue weighted by molar-refractivity contribution is 0.0791. The van der Waals surface area contributed by atoms with Crippen molar-refractivity contribution in [3.05, 3.63) is 11.9 Å². The van der Waals surface area contributed by atoms with E-state index in [0.29, 0.717) is 17.9 Å². The molecule has 1 aromatic rings. The molecule has 0 radical (unpaired) electrons. The predicted octanol–water partition coefficient (Wildman–Crippen LogP) is 0.967. The Kier molecular flexibility index (Phi) is 3.71. The largest absolute Gasteiger partial charge is 0.396 e. The van der Waals surface area contributed by atoms with Crippen LogP contribution in [0, 0.1) is 0 Å². The molecule has 1 rings (SSSR count). The number of nitrogen functional groups attached to an aromatic ring is 1. The maximum atomic E-state index is 11.9. The van der Waals surface area contributed by atoms with Crippen molar-refractivity contribution in [2.45, 2.75) is 26.8 Å². The minimum absolute atomic E-state index is 0.0686. The molecular weight excluding hydrogens is 192 g/mol. The first-order chi connectivity index (χ1) is 7.11. The summed E-state index contributed by atoms with van der Waals surface area (Å²) in [5, 5.41) is 4.09. The highest BCUT2D eigenvalue weighted by Gasteiger charge is 2.18. The van der Waals surface area contributed by atoms with Gasteiger partial charge in [-0.1, -0.05) is 6.92 Å². The van der Waals surface area contributed by atoms with E-state index in [-0.39, 0.29) is 5.91 Å². The lowest BCUT2D eigenvalue weighted by Gasteiger charge is -2.15. The van der Waals surface area contributed by atoms with Crippen molar-refractivity contribution in [2.24, 2.45) is 0 Å². The Hall–Kier alpha value is -1.52. The number of hydrogen-bond acceptors (Lipinski definition) is 3. The minimum atomic E-state index is -0.0686. The molecule has 5 nitrogen and oxygen atoms in total. The summed E-state index contributed by atoms with van der Waals surface area (Å²) in [7, 11) is 1.76. The van der Waals surface area contributed by atoms with E-state index in [2.05, 4.69) is 5.10 Å². The van der Waals surface area contributed by atoms with Gasteiger partial charge in [-0.25, -0.2) is 0 Å². The molecule has 2 N–H and O–H groups in total. The fourth-order valence-corrected chi connectivity index (χ4v) is 1.34. The summed E-state index contributed by atoms with van der Waals surface area (Å²) in [4.78, 5) is 13.6. The van der Waals surface area contributed by atoms with E-state index < -0.39 is 0 Å². The molecule has 1 aromatic heterocycles. The second kappa shape index (κ2) is 4.82. The van der Waals surface area contributed by atoms with Crippen LogP contribution in [-0.4, -0.2) is 34.2 Å². The molecule has 0 bridgehead atoms. The maximum absolute atomic E-state index is 11.9. The summed E-state index contributed by atoms with van der Waals surface area (Å²) in [6, 6.07) is 0. The number of nitrogens with zero attached hydrogens (tertiary/aromatic N) is 3. The monoisotopic (exact) mass is 210 g/mol. The first-order valence-electron chi connectivity index (χ1n) is 5.18. The van der Waals surface area contributed by atoms with E-state index in [1.165, 1.54) is 6.20 Å². The fourth-order valence-electron chi connectivity index (χ4n) is 1.34. The number of nitrogens with two attached hydrogens (primary N) is 1. The molecule has 0 saturated carbocycles. The third kappa shape index (κ3) is 2.29. The van der Waals surface area contributed by atoms with E-state index in [1.54, 1.807) is 16.6 Å². The Morgan fingerprint density at radius 2 is 2.27 bits per heavy atom. The van der Waals surface area contributed by atoms with Crippen LogP contribution in [0.3, 0.4) is 0 Å². The Morgan fingerprint density at radius 3 is 2.80 bits per heavy atom. The van der Waals surface area contributed by atoms with Crippen LogP contribution >= 0.6 is 0 Å². The Morgan fingerprint density at radius 1 is 1.60 bits per heavy atom. The van der Waals surface area contributed by atoms with Crippen molar-refractivity contribution in [2.75, 3.05) is 19.3 Å². The van der Waals surface area contributed by atoms with Gasteiger partial charge in [0.15, 0.2) is 0 Å². The van der Waals surface area contributed by atoms with Crippen LogP contribution in [-0.2, 0) is 6.54 Å². The number of carbonyl (C=O) groups excluding carboxylic acids is 1. The average Bonchev–Trinajstić information content (AvgIpc) is 2.58. The van der Waals surface area contributed by atoms with Crippen molar-refractivity contribution in [1.29, 1.82) is 0 Å². The molecule has 0 aromatic carbocycles. The summed E-state index contributed by atoms with van der Waals surface area (Å²) in [6.07, 6.45) is 2.46. The number of aryl methyl sites for hydroxylation is 1. The number of amides is 1. The highest BCUT2D eigenvalue weighted by atomic mass is 16.2. The minimum Gasteiger partial charge on any atom is -0.396 e. The van der Waals surface area contributed by atoms with Gasteiger partial charge >= 0.3 is 0 Å². The molecule has 15 heavy (non-hydrogen) atoms. The molecule has 0 aliphatic rings. The molecule has 1 amide bonds. The quantitative estimate of drug-likeness (QED) is 0.805. The van der Waals surface area contributed by atoms with Gasteiger partial charge in [0.1, 0.15) is 5.69 Å². The van der Waals surface area contributed by atoms with Crippen LogP contribution in [0.2, 0.25) is 0 Å². The molecule has 0 aliphatic carbocycles. The summed E-state index contributed by atoms with van der Waals surface area (Å²) in [6.45, 7) is 5.34. The highest BCUT2D eigenvalue weighted by Crippen LogP contribution is 2.13. The molecule has 0 atom stereocenters. The Labute approximate surface area is 89.9 Å². The van der Waals surface area contributed by atoms with Gasteiger partial charge in [0.2, 0.25) is 0 Å². The molecule has 0 unspecified atom stereocenters. The number of aromatic nitrogens is 2. The molecule has 0 aliphatic heterocycles. The molecule has 0 fully saturated rings. The second-order valence-electron chi connectivity index (χ2n) is 3.49. The first kappa shape index (κ1) is 11.6. The number of anilines is 1. The molecular formula is C10H18N4O. The van der Waals surface area contributed by atoms with E-state index in [0.717, 1.165) is 13.0 Å². The zero-order chi connectivity index (χ0) is 11.4. The maximum Gasteiger partial charge on any atom is 0.274 e. The van der Waals surface area contributed by atoms with Crippen LogP contribution in [0.1, 0.15) is 30.8 Å². The van der Waals surface area contributed by atoms with Gasteiger partial charge in [-0.15, -0.1) is 0 Å². The summed E-state index contributed by atoms with van der Waals surface area (Å²) in [5.41, 5.74) is 6.69. The SMILES string of the molecule is CCCn1ncc(N)c1C(=O)N(C)CC. The van der Waals surface area contributed by atoms with Gasteiger partial charge < -0.3 is 10.6 Å². The molecule has 5 heteroatoms. The number of rotatable bonds is 4. The highest BCUT2D eigenvalue weighted by molar-refractivity contribution is 5.97. The van der Waals surface area contributed by atoms with E-state index >= 15 is 0 Å². The lowest BCUT2D eigenvalue weighted by Crippen LogP contribution is -2.29. The van der Waals surface area contributed by atoms with E-state index in [9.17, 15) is 4.79 Å². The smallest absolute Gasteiger partial charge is 0.274 e. The van der Waals surface area contributed by atoms with Gasteiger partial charge in [-0.3, -0.25) is 9.48 Å². The zero-order valence-corrected chi connectivity index (χ0v) is 9.53. The van der Waals surface area contributed by atoms with Gasteiger partial charge in [0, 0.05) is 20.1 Å². The van der Waals surface area contributed by atoms with Crippen LogP contribution in [0.4, 0.5) is 5.69 Å². The van der Waals surface area contributed by atoms with Crippen molar-refractivity contribution >= 4 is 11.6 Å². The molecule has 1 heterocycles. The van der Waals surface area contributed by atoms with Crippen molar-refractivity contribution in [1.82, 2.24) is 14.7 Å². The number of carbonyl (C=O) groups is 1. The Balaban J connectivity index is 3.00. The van der Waals surface area contributed by atoms with E-state index in [4.69, 9.17) is 5.73 Å². The topological polar surface area (TPSA) is 64.2 Å². The Bertz CT molecular complexity index is 345. The third-order valence-corrected chi connectivity index (χ3v) is 2.33. The van der Waals surface area contributed by atoms with Gasteiger partial charge in [-0.05, 0) is 13.3 Å². The third-order valence-electron chi connectivity index (χ3n) is 2.33. The van der Waals surface area contributed by atoms with Crippen molar-refractivity contribution in [3.8, 4) is 0 Å². The molecule has 84 valence electrons. The van der Waals surface area contributed by atoms with E-state index in [1.807, 2.05) is 13.8 Å². The normalized spacial score (nSPS) is 10.3. The molecule has 0 saturated heterocycles. The fraction of sp³-hybridized carbons (Fsp3) is 0.600. The molecule has 0 spiro atoms. The lowest BCUT2D eigenvalue weighted by atomic mass is 10.3. The number of hydrogen-bond donors (Lipinski definition) is 1. The predicted molar refractivity (Wildman–Crippen MR) is 59.6 cm³/mol. The van der Waals surface area contributed by atoms with Gasteiger partial charge in [-0.2, -0.15) is 5.10 Å². The van der Waals surface area contributed by atoms with Gasteiger partial charge in [0.25, 0.3) is 5.91 Å². The van der Waals surface area contributed by atoms with Crippen molar-refractivity contribution in [3.63, 3.8) is 0 Å². The standard InChI is InChI=1S/C10H18N4O/c1-4-6-14-9(8(11)7-12-14)10(15)13(3)5-2/h7H,4-6,11H2,1-3H3. The second-order valence-corrected chi connectivity index (χ2v) is 3.49. The van der Waals surface area contributed by atoms with Crippen LogP contribution in [0.5, 0.6) is 0 Å². The summed E-state index contributed by atoms with van der Waals surface area (Å²) in [5.74, 6) is -0.0686. The van der Waals surface area contributed by atoms with Crippen LogP contribution in [0.15, 0.2) is 6.20 Å². The van der Waals surface area contributed by atoms with Gasteiger partial charge in [0.05, 0.1) is 11.9 Å². The van der Waals surface area contributed by atoms with Crippen LogP contribution in [0.25, 0.3) is 0 Å². The summed E-state index contributed by atoms with van der Waals surface area (Å²) >= 11 is 0. The first-order valence-corrected chi connectivity index (χ1v) is 5.18. The van der Waals surface area contributed by atoms with Crippen LogP contribution < -0.4 is 5.73 Å². The summed E-state index contributed by atoms with van der Waals surface area (Å²) < 4.78 is 1.67.